The van der Waals surface area contributed by atoms with E-state index in [2.05, 4.69) is 60.0 Å². The molecule has 0 spiro atoms. The molecule has 1 fully saturated rings. The van der Waals surface area contributed by atoms with Crippen LogP contribution in [0.5, 0.6) is 11.5 Å². The van der Waals surface area contributed by atoms with Gasteiger partial charge in [0.15, 0.2) is 0 Å². The van der Waals surface area contributed by atoms with E-state index in [1.54, 1.807) is 51.4 Å². The van der Waals surface area contributed by atoms with Crippen molar-refractivity contribution in [3.05, 3.63) is 53.1 Å². The number of anilines is 4. The van der Waals surface area contributed by atoms with Crippen molar-refractivity contribution in [1.82, 2.24) is 19.6 Å². The summed E-state index contributed by atoms with van der Waals surface area (Å²) in [6.45, 7) is 10.0. The van der Waals surface area contributed by atoms with Gasteiger partial charge in [-0.05, 0) is 80.7 Å². The molecule has 2 heterocycles. The van der Waals surface area contributed by atoms with Crippen LogP contribution in [0.4, 0.5) is 23.1 Å². The van der Waals surface area contributed by atoms with E-state index in [-0.39, 0.29) is 17.0 Å². The van der Waals surface area contributed by atoms with Crippen LogP contribution in [0.3, 0.4) is 0 Å². The van der Waals surface area contributed by atoms with Gasteiger partial charge in [-0.25, -0.2) is 18.1 Å². The van der Waals surface area contributed by atoms with Gasteiger partial charge in [0.2, 0.25) is 16.0 Å². The molecule has 3 N–H and O–H groups in total. The lowest BCUT2D eigenvalue weighted by atomic mass is 10.1. The molecule has 2 aromatic carbocycles. The van der Waals surface area contributed by atoms with E-state index in [9.17, 15) is 8.42 Å². The Morgan fingerprint density at radius 1 is 1.02 bits per heavy atom. The number of methoxy groups -OCH3 is 1. The summed E-state index contributed by atoms with van der Waals surface area (Å²) in [7, 11) is -2.14. The van der Waals surface area contributed by atoms with Gasteiger partial charge in [0, 0.05) is 37.4 Å². The van der Waals surface area contributed by atoms with E-state index < -0.39 is 10.0 Å². The minimum absolute atomic E-state index is 0.120. The number of piperidine rings is 1. The number of hydrogen-bond donors (Lipinski definition) is 3. The fourth-order valence-electron chi connectivity index (χ4n) is 4.50. The van der Waals surface area contributed by atoms with Gasteiger partial charge in [0.25, 0.3) is 0 Å². The first kappa shape index (κ1) is 30.0. The minimum Gasteiger partial charge on any atom is -0.495 e. The molecule has 0 radical (unpaired) electrons. The molecule has 0 aliphatic carbocycles. The summed E-state index contributed by atoms with van der Waals surface area (Å²) in [6.07, 6.45) is 3.69. The molecule has 1 aliphatic rings. The number of sulfonamides is 1. The Bertz CT molecular complexity index is 1410. The molecule has 12 heteroatoms. The number of hydrogen-bond acceptors (Lipinski definition) is 9. The molecule has 0 bridgehead atoms. The van der Waals surface area contributed by atoms with Crippen molar-refractivity contribution in [3.63, 3.8) is 0 Å². The van der Waals surface area contributed by atoms with Crippen LogP contribution in [0.15, 0.2) is 58.0 Å². The smallest absolute Gasteiger partial charge is 0.242 e. The number of halogens is 1. The number of ether oxygens (including phenoxy) is 2. The second-order valence-electron chi connectivity index (χ2n) is 10.2. The van der Waals surface area contributed by atoms with Crippen molar-refractivity contribution in [2.75, 3.05) is 30.8 Å². The Morgan fingerprint density at radius 2 is 1.75 bits per heavy atom. The van der Waals surface area contributed by atoms with E-state index in [1.807, 2.05) is 18.2 Å². The average molecular weight is 634 g/mol. The van der Waals surface area contributed by atoms with Gasteiger partial charge >= 0.3 is 0 Å². The summed E-state index contributed by atoms with van der Waals surface area (Å²) in [5.41, 5.74) is 1.04. The van der Waals surface area contributed by atoms with E-state index in [0.717, 1.165) is 31.7 Å². The Morgan fingerprint density at radius 3 is 2.42 bits per heavy atom. The van der Waals surface area contributed by atoms with Crippen LogP contribution in [0.1, 0.15) is 40.5 Å². The van der Waals surface area contributed by atoms with E-state index >= 15 is 0 Å². The highest BCUT2D eigenvalue weighted by Crippen LogP contribution is 2.34. The summed E-state index contributed by atoms with van der Waals surface area (Å²) in [5, 5.41) is 6.36. The molecule has 0 saturated carbocycles. The van der Waals surface area contributed by atoms with Gasteiger partial charge in [-0.3, -0.25) is 0 Å². The highest BCUT2D eigenvalue weighted by molar-refractivity contribution is 9.10. The number of rotatable bonds is 11. The van der Waals surface area contributed by atoms with Crippen molar-refractivity contribution in [3.8, 4) is 11.5 Å². The lowest BCUT2D eigenvalue weighted by Gasteiger charge is -2.34. The second kappa shape index (κ2) is 13.2. The molecule has 1 aliphatic heterocycles. The molecule has 0 unspecified atom stereocenters. The molecule has 0 amide bonds. The fourth-order valence-corrected chi connectivity index (χ4v) is 6.21. The molecule has 10 nitrogen and oxygen atoms in total. The second-order valence-corrected chi connectivity index (χ2v) is 12.8. The van der Waals surface area contributed by atoms with Gasteiger partial charge in [-0.15, -0.1) is 0 Å². The molecule has 1 aromatic heterocycles. The Balaban J connectivity index is 1.53. The van der Waals surface area contributed by atoms with Crippen molar-refractivity contribution in [2.24, 2.45) is 0 Å². The van der Waals surface area contributed by atoms with Crippen LogP contribution < -0.4 is 24.8 Å². The number of nitrogens with zero attached hydrogens (tertiary/aromatic N) is 3. The number of likely N-dealkylation sites (tertiary alicyclic amines) is 1. The maximum Gasteiger partial charge on any atom is 0.242 e. The predicted molar refractivity (Wildman–Crippen MR) is 162 cm³/mol. The van der Waals surface area contributed by atoms with Crippen molar-refractivity contribution in [2.45, 2.75) is 63.6 Å². The average Bonchev–Trinajstić information content (AvgIpc) is 2.90. The van der Waals surface area contributed by atoms with Gasteiger partial charge in [-0.1, -0.05) is 12.1 Å². The van der Waals surface area contributed by atoms with Crippen LogP contribution >= 0.6 is 15.9 Å². The van der Waals surface area contributed by atoms with Gasteiger partial charge < -0.3 is 25.0 Å². The predicted octanol–water partition coefficient (Wildman–Crippen LogP) is 5.67. The van der Waals surface area contributed by atoms with E-state index in [1.165, 1.54) is 0 Å². The normalized spacial score (nSPS) is 14.9. The molecule has 40 heavy (non-hydrogen) atoms. The number of nitrogens with one attached hydrogen (secondary N) is 3. The Labute approximate surface area is 245 Å². The number of aromatic nitrogens is 2. The quantitative estimate of drug-likeness (QED) is 0.245. The number of para-hydroxylation sites is 1. The largest absolute Gasteiger partial charge is 0.495 e. The zero-order valence-corrected chi connectivity index (χ0v) is 25.8. The molecule has 1 saturated heterocycles. The van der Waals surface area contributed by atoms with Crippen LogP contribution in [0.25, 0.3) is 0 Å². The maximum absolute atomic E-state index is 12.9. The summed E-state index contributed by atoms with van der Waals surface area (Å²) < 4.78 is 40.9. The fraction of sp³-hybridized carbons (Fsp3) is 0.429. The molecular weight excluding hydrogens is 596 g/mol. The molecule has 3 aromatic rings. The molecule has 0 atom stereocenters. The topological polar surface area (TPSA) is 118 Å². The Hall–Kier alpha value is -2.93. The van der Waals surface area contributed by atoms with Crippen LogP contribution in [-0.2, 0) is 10.0 Å². The van der Waals surface area contributed by atoms with Crippen LogP contribution in [-0.4, -0.2) is 61.7 Å². The third kappa shape index (κ3) is 7.62. The first-order valence-electron chi connectivity index (χ1n) is 13.3. The third-order valence-corrected chi connectivity index (χ3v) is 8.79. The summed E-state index contributed by atoms with van der Waals surface area (Å²) in [5.74, 6) is 2.04. The number of benzene rings is 2. The lowest BCUT2D eigenvalue weighted by molar-refractivity contribution is 0.0843. The standard InChI is InChI=1S/C28H37BrN6O4S/c1-18(2)34-40(36,37)26-9-7-6-8-23(26)31-27-22(29)17-30-28(33-27)32-24-16-21(10-11-25(24)38-5)39-20-12-14-35(15-13-20)19(3)4/h6-11,16-20,34H,12-15H2,1-5H3,(H2,30,31,32,33). The Kier molecular flexibility index (Phi) is 9.88. The van der Waals surface area contributed by atoms with E-state index in [4.69, 9.17) is 9.47 Å². The van der Waals surface area contributed by atoms with Crippen molar-refractivity contribution < 1.29 is 17.9 Å². The zero-order valence-electron chi connectivity index (χ0n) is 23.4. The summed E-state index contributed by atoms with van der Waals surface area (Å²) in [6, 6.07) is 12.6. The maximum atomic E-state index is 12.9. The first-order chi connectivity index (χ1) is 19.1. The van der Waals surface area contributed by atoms with E-state index in [0.29, 0.717) is 39.4 Å². The lowest BCUT2D eigenvalue weighted by Crippen LogP contribution is -2.41. The van der Waals surface area contributed by atoms with Gasteiger partial charge in [0.05, 0.1) is 23.0 Å². The van der Waals surface area contributed by atoms with Crippen molar-refractivity contribution in [1.29, 1.82) is 0 Å². The van der Waals surface area contributed by atoms with Gasteiger partial charge in [0.1, 0.15) is 28.3 Å². The summed E-state index contributed by atoms with van der Waals surface area (Å²) >= 11 is 3.47. The first-order valence-corrected chi connectivity index (χ1v) is 15.6. The molecule has 4 rings (SSSR count). The SMILES string of the molecule is COc1ccc(OC2CCN(C(C)C)CC2)cc1Nc1ncc(Br)c(Nc2ccccc2S(=O)(=O)NC(C)C)n1. The highest BCUT2D eigenvalue weighted by atomic mass is 79.9. The minimum atomic E-state index is -3.74. The van der Waals surface area contributed by atoms with Crippen LogP contribution in [0, 0.1) is 0 Å². The summed E-state index contributed by atoms with van der Waals surface area (Å²) in [4.78, 5) is 11.6. The highest BCUT2D eigenvalue weighted by Gasteiger charge is 2.23. The zero-order chi connectivity index (χ0) is 28.9. The molecular formula is C28H37BrN6O4S. The van der Waals surface area contributed by atoms with Gasteiger partial charge in [-0.2, -0.15) is 4.98 Å². The monoisotopic (exact) mass is 632 g/mol. The third-order valence-electron chi connectivity index (χ3n) is 6.49. The molecule has 216 valence electrons. The van der Waals surface area contributed by atoms with Crippen LogP contribution in [0.2, 0.25) is 0 Å². The van der Waals surface area contributed by atoms with Crippen molar-refractivity contribution >= 4 is 49.1 Å².